The maximum absolute atomic E-state index is 12.4. The Hall–Kier alpha value is -2.62. The van der Waals surface area contributed by atoms with Gasteiger partial charge >= 0.3 is 11.9 Å². The third-order valence-electron chi connectivity index (χ3n) is 4.14. The van der Waals surface area contributed by atoms with Gasteiger partial charge in [-0.3, -0.25) is 0 Å². The molecule has 0 bridgehead atoms. The van der Waals surface area contributed by atoms with Gasteiger partial charge in [0.25, 0.3) is 0 Å². The minimum absolute atomic E-state index is 0.0453. The van der Waals surface area contributed by atoms with E-state index in [0.29, 0.717) is 24.0 Å². The summed E-state index contributed by atoms with van der Waals surface area (Å²) in [5, 5.41) is 0. The quantitative estimate of drug-likeness (QED) is 0.656. The lowest BCUT2D eigenvalue weighted by Crippen LogP contribution is -2.40. The second-order valence-corrected chi connectivity index (χ2v) is 5.98. The highest BCUT2D eigenvalue weighted by molar-refractivity contribution is 5.90. The summed E-state index contributed by atoms with van der Waals surface area (Å²) in [4.78, 5) is 24.7. The van der Waals surface area contributed by atoms with Crippen molar-refractivity contribution in [2.45, 2.75) is 38.7 Å². The highest BCUT2D eigenvalue weighted by atomic mass is 16.6. The minimum atomic E-state index is -0.813. The van der Waals surface area contributed by atoms with Gasteiger partial charge in [-0.05, 0) is 37.1 Å². The summed E-state index contributed by atoms with van der Waals surface area (Å²) in [7, 11) is 0. The largest absolute Gasteiger partial charge is 0.458 e. The van der Waals surface area contributed by atoms with Crippen molar-refractivity contribution in [2.24, 2.45) is 0 Å². The molecule has 4 nitrogen and oxygen atoms in total. The lowest BCUT2D eigenvalue weighted by Gasteiger charge is -2.32. The Morgan fingerprint density at radius 1 is 0.840 bits per heavy atom. The van der Waals surface area contributed by atoms with E-state index in [0.717, 1.165) is 6.42 Å². The smallest absolute Gasteiger partial charge is 0.338 e. The van der Waals surface area contributed by atoms with Crippen molar-refractivity contribution in [1.29, 1.82) is 0 Å². The normalized spacial score (nSPS) is 12.9. The molecular weight excluding hydrogens is 316 g/mol. The molecule has 1 unspecified atom stereocenters. The number of hydrogen-bond acceptors (Lipinski definition) is 4. The highest BCUT2D eigenvalue weighted by Crippen LogP contribution is 2.25. The molecule has 2 rings (SSSR count). The molecule has 0 heterocycles. The van der Waals surface area contributed by atoms with E-state index in [-0.39, 0.29) is 6.61 Å². The van der Waals surface area contributed by atoms with Gasteiger partial charge in [-0.2, -0.15) is 0 Å². The van der Waals surface area contributed by atoms with E-state index in [1.807, 2.05) is 26.0 Å². The molecule has 0 spiro atoms. The number of ether oxygens (including phenoxy) is 2. The zero-order chi connectivity index (χ0) is 18.1. The van der Waals surface area contributed by atoms with Crippen LogP contribution in [0, 0.1) is 0 Å². The second kappa shape index (κ2) is 9.02. The van der Waals surface area contributed by atoms with Gasteiger partial charge in [0.15, 0.2) is 0 Å². The molecule has 0 saturated carbocycles. The van der Waals surface area contributed by atoms with E-state index in [1.165, 1.54) is 0 Å². The fourth-order valence-corrected chi connectivity index (χ4v) is 2.64. The van der Waals surface area contributed by atoms with Crippen molar-refractivity contribution >= 4 is 11.9 Å². The van der Waals surface area contributed by atoms with Gasteiger partial charge < -0.3 is 9.47 Å². The third kappa shape index (κ3) is 5.18. The molecule has 132 valence electrons. The van der Waals surface area contributed by atoms with Crippen LogP contribution in [-0.2, 0) is 9.47 Å². The topological polar surface area (TPSA) is 52.6 Å². The van der Waals surface area contributed by atoms with Gasteiger partial charge in [-0.15, -0.1) is 0 Å². The standard InChI is InChI=1S/C21H24O4/c1-3-15-21(4-2,25-20(23)18-13-9-6-10-14-18)16-24-19(22)17-11-7-5-8-12-17/h5-14H,3-4,15-16H2,1-2H3. The summed E-state index contributed by atoms with van der Waals surface area (Å²) in [6.07, 6.45) is 2.02. The molecule has 2 aromatic rings. The Balaban J connectivity index is 2.08. The van der Waals surface area contributed by atoms with E-state index in [1.54, 1.807) is 48.5 Å². The summed E-state index contributed by atoms with van der Waals surface area (Å²) in [6, 6.07) is 17.7. The predicted molar refractivity (Wildman–Crippen MR) is 96.5 cm³/mol. The lowest BCUT2D eigenvalue weighted by molar-refractivity contribution is -0.0619. The Kier molecular flexibility index (Phi) is 6.75. The predicted octanol–water partition coefficient (Wildman–Crippen LogP) is 4.65. The van der Waals surface area contributed by atoms with Crippen LogP contribution in [0.5, 0.6) is 0 Å². The third-order valence-corrected chi connectivity index (χ3v) is 4.14. The molecule has 0 aliphatic carbocycles. The van der Waals surface area contributed by atoms with Crippen molar-refractivity contribution in [1.82, 2.24) is 0 Å². The van der Waals surface area contributed by atoms with Crippen LogP contribution in [0.25, 0.3) is 0 Å². The van der Waals surface area contributed by atoms with Crippen LogP contribution in [0.4, 0.5) is 0 Å². The number of carbonyl (C=O) groups excluding carboxylic acids is 2. The van der Waals surface area contributed by atoms with Gasteiger partial charge in [0.1, 0.15) is 12.2 Å². The zero-order valence-electron chi connectivity index (χ0n) is 14.7. The van der Waals surface area contributed by atoms with Crippen LogP contribution in [0.1, 0.15) is 53.8 Å². The van der Waals surface area contributed by atoms with Gasteiger partial charge in [0, 0.05) is 0 Å². The minimum Gasteiger partial charge on any atom is -0.458 e. The van der Waals surface area contributed by atoms with Crippen molar-refractivity contribution in [3.05, 3.63) is 71.8 Å². The first-order chi connectivity index (χ1) is 12.1. The Morgan fingerprint density at radius 2 is 1.36 bits per heavy atom. The monoisotopic (exact) mass is 340 g/mol. The molecule has 4 heteroatoms. The molecule has 0 aliphatic heterocycles. The number of esters is 2. The summed E-state index contributed by atoms with van der Waals surface area (Å²) in [5.74, 6) is -0.808. The molecule has 25 heavy (non-hydrogen) atoms. The van der Waals surface area contributed by atoms with Crippen LogP contribution in [0.2, 0.25) is 0 Å². The van der Waals surface area contributed by atoms with Crippen molar-refractivity contribution in [2.75, 3.05) is 6.61 Å². The van der Waals surface area contributed by atoms with Crippen molar-refractivity contribution in [3.8, 4) is 0 Å². The summed E-state index contributed by atoms with van der Waals surface area (Å²) < 4.78 is 11.2. The second-order valence-electron chi connectivity index (χ2n) is 5.98. The van der Waals surface area contributed by atoms with E-state index in [9.17, 15) is 9.59 Å². The molecule has 0 fully saturated rings. The SMILES string of the molecule is CCCC(CC)(COC(=O)c1ccccc1)OC(=O)c1ccccc1. The number of benzene rings is 2. The van der Waals surface area contributed by atoms with Gasteiger partial charge in [0.05, 0.1) is 11.1 Å². The maximum atomic E-state index is 12.4. The van der Waals surface area contributed by atoms with Crippen LogP contribution >= 0.6 is 0 Å². The summed E-state index contributed by atoms with van der Waals surface area (Å²) in [6.45, 7) is 3.99. The van der Waals surface area contributed by atoms with Gasteiger partial charge in [0.2, 0.25) is 0 Å². The summed E-state index contributed by atoms with van der Waals surface area (Å²) >= 11 is 0. The van der Waals surface area contributed by atoms with Gasteiger partial charge in [-0.25, -0.2) is 9.59 Å². The van der Waals surface area contributed by atoms with Crippen molar-refractivity contribution < 1.29 is 19.1 Å². The molecule has 0 radical (unpaired) electrons. The molecule has 2 aromatic carbocycles. The molecule has 0 aromatic heterocycles. The number of rotatable bonds is 8. The molecule has 0 saturated heterocycles. The zero-order valence-corrected chi connectivity index (χ0v) is 14.7. The highest BCUT2D eigenvalue weighted by Gasteiger charge is 2.34. The van der Waals surface area contributed by atoms with Crippen LogP contribution < -0.4 is 0 Å². The fraction of sp³-hybridized carbons (Fsp3) is 0.333. The van der Waals surface area contributed by atoms with Crippen molar-refractivity contribution in [3.63, 3.8) is 0 Å². The number of hydrogen-bond donors (Lipinski definition) is 0. The fourth-order valence-electron chi connectivity index (χ4n) is 2.64. The first kappa shape index (κ1) is 18.7. The van der Waals surface area contributed by atoms with Crippen LogP contribution in [0.3, 0.4) is 0 Å². The lowest BCUT2D eigenvalue weighted by atomic mass is 9.95. The van der Waals surface area contributed by atoms with E-state index in [2.05, 4.69) is 0 Å². The Morgan fingerprint density at radius 3 is 1.84 bits per heavy atom. The van der Waals surface area contributed by atoms with Crippen LogP contribution in [-0.4, -0.2) is 24.1 Å². The van der Waals surface area contributed by atoms with Crippen LogP contribution in [0.15, 0.2) is 60.7 Å². The summed E-state index contributed by atoms with van der Waals surface area (Å²) in [5.41, 5.74) is 0.163. The molecular formula is C21H24O4. The Bertz CT molecular complexity index is 682. The van der Waals surface area contributed by atoms with E-state index < -0.39 is 17.5 Å². The number of carbonyl (C=O) groups is 2. The van der Waals surface area contributed by atoms with Gasteiger partial charge in [-0.1, -0.05) is 56.7 Å². The molecule has 0 N–H and O–H groups in total. The average molecular weight is 340 g/mol. The molecule has 0 aliphatic rings. The maximum Gasteiger partial charge on any atom is 0.338 e. The Labute approximate surface area is 148 Å². The molecule has 1 atom stereocenters. The first-order valence-corrected chi connectivity index (χ1v) is 8.61. The van der Waals surface area contributed by atoms with E-state index in [4.69, 9.17) is 9.47 Å². The van der Waals surface area contributed by atoms with E-state index >= 15 is 0 Å². The average Bonchev–Trinajstić information content (AvgIpc) is 2.67. The first-order valence-electron chi connectivity index (χ1n) is 8.61. The molecule has 0 amide bonds.